The van der Waals surface area contributed by atoms with Crippen LogP contribution in [0.3, 0.4) is 0 Å². The van der Waals surface area contributed by atoms with Gasteiger partial charge in [-0.1, -0.05) is 12.8 Å². The minimum atomic E-state index is -0.467. The van der Waals surface area contributed by atoms with Gasteiger partial charge in [0, 0.05) is 19.0 Å². The molecular weight excluding hydrogens is 398 g/mol. The highest BCUT2D eigenvalue weighted by Gasteiger charge is 2.71. The molecule has 4 heteroatoms. The van der Waals surface area contributed by atoms with Gasteiger partial charge in [-0.3, -0.25) is 9.59 Å². The zero-order valence-corrected chi connectivity index (χ0v) is 19.7. The molecule has 9 atom stereocenters. The van der Waals surface area contributed by atoms with Gasteiger partial charge in [-0.15, -0.1) is 0 Å². The predicted molar refractivity (Wildman–Crippen MR) is 122 cm³/mol. The SMILES string of the molecule is O=C(C1CC2CC3CC(C45CC6CCCC(C(=O)O)(C4)C(C6)C5)(C2)CC3C1)N1CCCC1. The van der Waals surface area contributed by atoms with Crippen molar-refractivity contribution in [3.8, 4) is 0 Å². The second-order valence-electron chi connectivity index (χ2n) is 13.7. The first-order chi connectivity index (χ1) is 15.4. The molecule has 4 nitrogen and oxygen atoms in total. The van der Waals surface area contributed by atoms with Crippen LogP contribution in [0.5, 0.6) is 0 Å². The van der Waals surface area contributed by atoms with E-state index >= 15 is 0 Å². The Kier molecular flexibility index (Phi) is 4.29. The van der Waals surface area contributed by atoms with Gasteiger partial charge in [0.25, 0.3) is 0 Å². The zero-order valence-electron chi connectivity index (χ0n) is 19.7. The summed E-state index contributed by atoms with van der Waals surface area (Å²) in [7, 11) is 0. The lowest BCUT2D eigenvalue weighted by atomic mass is 9.50. The highest BCUT2D eigenvalue weighted by molar-refractivity contribution is 5.79. The van der Waals surface area contributed by atoms with Crippen molar-refractivity contribution in [2.24, 2.45) is 51.8 Å². The van der Waals surface area contributed by atoms with E-state index in [1.54, 1.807) is 0 Å². The summed E-state index contributed by atoms with van der Waals surface area (Å²) >= 11 is 0. The van der Waals surface area contributed by atoms with Gasteiger partial charge in [-0.25, -0.2) is 0 Å². The molecular formula is C28H41NO3. The van der Waals surface area contributed by atoms with E-state index < -0.39 is 11.4 Å². The third-order valence-corrected chi connectivity index (χ3v) is 12.4. The summed E-state index contributed by atoms with van der Waals surface area (Å²) in [6.45, 7) is 1.97. The third kappa shape index (κ3) is 2.62. The molecule has 0 spiro atoms. The number of carboxylic acids is 1. The summed E-state index contributed by atoms with van der Waals surface area (Å²) < 4.78 is 0. The van der Waals surface area contributed by atoms with Crippen molar-refractivity contribution in [3.63, 3.8) is 0 Å². The van der Waals surface area contributed by atoms with Crippen LogP contribution in [-0.4, -0.2) is 35.0 Å². The van der Waals surface area contributed by atoms with Crippen LogP contribution < -0.4 is 0 Å². The average molecular weight is 440 g/mol. The maximum atomic E-state index is 13.3. The fourth-order valence-corrected chi connectivity index (χ4v) is 11.5. The molecule has 6 saturated carbocycles. The minimum absolute atomic E-state index is 0.272. The molecule has 1 aliphatic heterocycles. The molecule has 1 N–H and O–H groups in total. The van der Waals surface area contributed by atoms with Crippen molar-refractivity contribution in [3.05, 3.63) is 0 Å². The summed E-state index contributed by atoms with van der Waals surface area (Å²) in [5, 5.41) is 10.5. The van der Waals surface area contributed by atoms with E-state index in [9.17, 15) is 14.7 Å². The quantitative estimate of drug-likeness (QED) is 0.631. The molecule has 6 bridgehead atoms. The molecule has 9 unspecified atom stereocenters. The van der Waals surface area contributed by atoms with Crippen molar-refractivity contribution in [2.75, 3.05) is 13.1 Å². The minimum Gasteiger partial charge on any atom is -0.481 e. The Bertz CT molecular complexity index is 831. The highest BCUT2D eigenvalue weighted by atomic mass is 16.4. The first-order valence-electron chi connectivity index (χ1n) is 13.9. The lowest BCUT2D eigenvalue weighted by Gasteiger charge is -2.55. The highest BCUT2D eigenvalue weighted by Crippen LogP contribution is 2.77. The monoisotopic (exact) mass is 439 g/mol. The van der Waals surface area contributed by atoms with Crippen LogP contribution >= 0.6 is 0 Å². The van der Waals surface area contributed by atoms with Crippen molar-refractivity contribution < 1.29 is 14.7 Å². The van der Waals surface area contributed by atoms with Crippen LogP contribution in [0.4, 0.5) is 0 Å². The predicted octanol–water partition coefficient (Wildman–Crippen LogP) is 5.50. The smallest absolute Gasteiger partial charge is 0.309 e. The average Bonchev–Trinajstić information content (AvgIpc) is 3.38. The number of nitrogens with zero attached hydrogens (tertiary/aromatic N) is 1. The second-order valence-corrected chi connectivity index (χ2v) is 13.7. The zero-order chi connectivity index (χ0) is 21.7. The van der Waals surface area contributed by atoms with E-state index in [1.165, 1.54) is 64.2 Å². The molecule has 1 amide bonds. The first kappa shape index (κ1) is 20.3. The molecule has 32 heavy (non-hydrogen) atoms. The number of hydrogen-bond acceptors (Lipinski definition) is 2. The number of carbonyl (C=O) groups excluding carboxylic acids is 1. The van der Waals surface area contributed by atoms with Gasteiger partial charge in [-0.2, -0.15) is 0 Å². The summed E-state index contributed by atoms with van der Waals surface area (Å²) in [6, 6.07) is 0. The van der Waals surface area contributed by atoms with Crippen molar-refractivity contribution in [1.29, 1.82) is 0 Å². The van der Waals surface area contributed by atoms with Crippen molar-refractivity contribution in [1.82, 2.24) is 4.90 Å². The number of carbonyl (C=O) groups is 2. The Balaban J connectivity index is 1.20. The standard InChI is InChI=1S/C28H41NO3/c30-24(29-6-1-2-7-29)20-8-19-9-21-14-26(13-19,15-22(21)11-20)27-12-18-4-3-5-28(17-27,25(31)32)23(10-18)16-27/h18-23H,1-17H2,(H,31,32). The number of carboxylic acid groups (broad SMARTS) is 1. The van der Waals surface area contributed by atoms with E-state index in [0.29, 0.717) is 23.2 Å². The molecule has 6 aliphatic carbocycles. The molecule has 0 aromatic rings. The van der Waals surface area contributed by atoms with Gasteiger partial charge >= 0.3 is 5.97 Å². The lowest BCUT2D eigenvalue weighted by molar-refractivity contribution is -0.152. The number of likely N-dealkylation sites (tertiary alicyclic amines) is 1. The summed E-state index contributed by atoms with van der Waals surface area (Å²) in [4.78, 5) is 28.2. The molecule has 7 fully saturated rings. The number of rotatable bonds is 3. The van der Waals surface area contributed by atoms with Gasteiger partial charge in [0.1, 0.15) is 0 Å². The number of amides is 1. The maximum absolute atomic E-state index is 13.3. The van der Waals surface area contributed by atoms with Crippen LogP contribution in [0.15, 0.2) is 0 Å². The van der Waals surface area contributed by atoms with Crippen LogP contribution in [-0.2, 0) is 9.59 Å². The number of aliphatic carboxylic acids is 1. The number of hydrogen-bond donors (Lipinski definition) is 1. The van der Waals surface area contributed by atoms with Gasteiger partial charge < -0.3 is 10.0 Å². The number of fused-ring (bicyclic) bond motifs is 5. The van der Waals surface area contributed by atoms with Crippen LogP contribution in [0, 0.1) is 51.8 Å². The molecule has 0 aromatic heterocycles. The fourth-order valence-electron chi connectivity index (χ4n) is 11.5. The van der Waals surface area contributed by atoms with E-state index in [0.717, 1.165) is 62.9 Å². The van der Waals surface area contributed by atoms with Gasteiger partial charge in [0.05, 0.1) is 5.41 Å². The van der Waals surface area contributed by atoms with E-state index in [2.05, 4.69) is 4.90 Å². The fraction of sp³-hybridized carbons (Fsp3) is 0.929. The topological polar surface area (TPSA) is 57.6 Å². The Morgan fingerprint density at radius 3 is 2.31 bits per heavy atom. The Morgan fingerprint density at radius 2 is 1.53 bits per heavy atom. The van der Waals surface area contributed by atoms with Crippen LogP contribution in [0.1, 0.15) is 96.3 Å². The largest absolute Gasteiger partial charge is 0.481 e. The van der Waals surface area contributed by atoms with Crippen LogP contribution in [0.2, 0.25) is 0 Å². The Labute approximate surface area is 192 Å². The molecule has 1 saturated heterocycles. The molecule has 1 heterocycles. The van der Waals surface area contributed by atoms with Gasteiger partial charge in [0.2, 0.25) is 5.91 Å². The molecule has 0 radical (unpaired) electrons. The molecule has 7 aliphatic rings. The normalized spacial score (nSPS) is 53.4. The molecule has 176 valence electrons. The van der Waals surface area contributed by atoms with Crippen molar-refractivity contribution >= 4 is 11.9 Å². The Hall–Kier alpha value is -1.06. The molecule has 7 rings (SSSR count). The van der Waals surface area contributed by atoms with Crippen molar-refractivity contribution in [2.45, 2.75) is 96.3 Å². The first-order valence-corrected chi connectivity index (χ1v) is 13.9. The third-order valence-electron chi connectivity index (χ3n) is 12.4. The lowest BCUT2D eigenvalue weighted by Crippen LogP contribution is -2.46. The maximum Gasteiger partial charge on any atom is 0.309 e. The molecule has 0 aromatic carbocycles. The second kappa shape index (κ2) is 6.75. The van der Waals surface area contributed by atoms with Crippen LogP contribution in [0.25, 0.3) is 0 Å². The summed E-state index contributed by atoms with van der Waals surface area (Å²) in [5.41, 5.74) is 0.258. The van der Waals surface area contributed by atoms with E-state index in [-0.39, 0.29) is 11.3 Å². The summed E-state index contributed by atoms with van der Waals surface area (Å²) in [5.74, 6) is 3.71. The van der Waals surface area contributed by atoms with E-state index in [4.69, 9.17) is 0 Å². The summed E-state index contributed by atoms with van der Waals surface area (Å²) in [6.07, 6.45) is 18.0. The van der Waals surface area contributed by atoms with E-state index in [1.807, 2.05) is 0 Å². The Morgan fingerprint density at radius 1 is 0.781 bits per heavy atom. The van der Waals surface area contributed by atoms with Gasteiger partial charge in [-0.05, 0) is 124 Å². The van der Waals surface area contributed by atoms with Gasteiger partial charge in [0.15, 0.2) is 0 Å².